The Morgan fingerprint density at radius 1 is 1.00 bits per heavy atom. The zero-order valence-corrected chi connectivity index (χ0v) is 16.7. The third-order valence-corrected chi connectivity index (χ3v) is 6.78. The minimum atomic E-state index is -3.88. The zero-order valence-electron chi connectivity index (χ0n) is 15.9. The summed E-state index contributed by atoms with van der Waals surface area (Å²) in [6.07, 6.45) is 3.39. The topological polar surface area (TPSA) is 121 Å². The summed E-state index contributed by atoms with van der Waals surface area (Å²) >= 11 is 0. The summed E-state index contributed by atoms with van der Waals surface area (Å²) < 4.78 is 33.9. The number of rotatable bonds is 3. The summed E-state index contributed by atoms with van der Waals surface area (Å²) in [7, 11) is -3.88. The number of imidazole rings is 1. The maximum atomic E-state index is 13.4. The Labute approximate surface area is 171 Å². The van der Waals surface area contributed by atoms with Crippen molar-refractivity contribution in [1.29, 1.82) is 0 Å². The predicted molar refractivity (Wildman–Crippen MR) is 111 cm³/mol. The van der Waals surface area contributed by atoms with Crippen molar-refractivity contribution in [3.05, 3.63) is 65.1 Å². The van der Waals surface area contributed by atoms with E-state index in [0.717, 1.165) is 11.1 Å². The molecule has 0 saturated carbocycles. The molecular formula is C20H17N5O4S. The normalized spacial score (nSPS) is 13.8. The van der Waals surface area contributed by atoms with Gasteiger partial charge in [-0.2, -0.15) is 0 Å². The number of nitrogens with zero attached hydrogens (tertiary/aromatic N) is 3. The summed E-state index contributed by atoms with van der Waals surface area (Å²) in [6, 6.07) is 9.86. The molecule has 3 heterocycles. The molecule has 1 aliphatic rings. The molecule has 1 aliphatic heterocycles. The van der Waals surface area contributed by atoms with Crippen molar-refractivity contribution in [2.75, 3.05) is 17.5 Å². The minimum absolute atomic E-state index is 0.0853. The standard InChI is InChI=1S/C20H17N5O4S/c1-12-21-10-14(11-22-12)13-2-5-19-18(8-13)25(6-7-29-19)30(27,28)15-3-4-16-17(9-15)24-20(26)23-16/h2-5,8-11H,6-7H2,1H3,(H2,23,24,26). The molecule has 0 radical (unpaired) electrons. The molecule has 0 atom stereocenters. The van der Waals surface area contributed by atoms with E-state index in [2.05, 4.69) is 19.9 Å². The van der Waals surface area contributed by atoms with Crippen molar-refractivity contribution in [2.45, 2.75) is 11.8 Å². The largest absolute Gasteiger partial charge is 0.489 e. The molecule has 0 unspecified atom stereocenters. The van der Waals surface area contributed by atoms with Crippen LogP contribution < -0.4 is 14.7 Å². The van der Waals surface area contributed by atoms with Crippen LogP contribution in [0.5, 0.6) is 5.75 Å². The van der Waals surface area contributed by atoms with Crippen LogP contribution in [0.1, 0.15) is 5.82 Å². The van der Waals surface area contributed by atoms with Crippen LogP contribution in [0, 0.1) is 6.92 Å². The SMILES string of the molecule is Cc1ncc(-c2ccc3c(c2)N(S(=O)(=O)c2ccc4[nH]c(=O)[nH]c4c2)CCO3)cn1. The van der Waals surface area contributed by atoms with Crippen LogP contribution in [0.2, 0.25) is 0 Å². The van der Waals surface area contributed by atoms with Gasteiger partial charge in [-0.05, 0) is 42.8 Å². The number of hydrogen-bond donors (Lipinski definition) is 2. The molecule has 0 bridgehead atoms. The number of aromatic amines is 2. The fourth-order valence-corrected chi connectivity index (χ4v) is 4.94. The van der Waals surface area contributed by atoms with Crippen molar-refractivity contribution in [1.82, 2.24) is 19.9 Å². The second-order valence-corrected chi connectivity index (χ2v) is 8.78. The van der Waals surface area contributed by atoms with Crippen LogP contribution in [-0.4, -0.2) is 41.5 Å². The molecule has 9 nitrogen and oxygen atoms in total. The first-order valence-corrected chi connectivity index (χ1v) is 10.7. The van der Waals surface area contributed by atoms with Crippen LogP contribution >= 0.6 is 0 Å². The number of hydrogen-bond acceptors (Lipinski definition) is 6. The second kappa shape index (κ2) is 6.70. The summed E-state index contributed by atoms with van der Waals surface area (Å²) in [5, 5.41) is 0. The lowest BCUT2D eigenvalue weighted by Gasteiger charge is -2.31. The zero-order chi connectivity index (χ0) is 20.9. The molecule has 0 fully saturated rings. The van der Waals surface area contributed by atoms with E-state index < -0.39 is 10.0 Å². The number of aryl methyl sites for hydroxylation is 1. The monoisotopic (exact) mass is 423 g/mol. The van der Waals surface area contributed by atoms with Gasteiger partial charge in [-0.1, -0.05) is 6.07 Å². The highest BCUT2D eigenvalue weighted by Crippen LogP contribution is 2.38. The predicted octanol–water partition coefficient (Wildman–Crippen LogP) is 2.21. The highest BCUT2D eigenvalue weighted by atomic mass is 32.2. The van der Waals surface area contributed by atoms with E-state index in [9.17, 15) is 13.2 Å². The Hall–Kier alpha value is -3.66. The van der Waals surface area contributed by atoms with Gasteiger partial charge in [0.05, 0.1) is 28.2 Å². The summed E-state index contributed by atoms with van der Waals surface area (Å²) in [6.45, 7) is 2.21. The van der Waals surface area contributed by atoms with Crippen molar-refractivity contribution < 1.29 is 13.2 Å². The van der Waals surface area contributed by atoms with E-state index in [0.29, 0.717) is 28.3 Å². The Kier molecular flexibility index (Phi) is 4.10. The number of ether oxygens (including phenoxy) is 1. The average Bonchev–Trinajstić information content (AvgIpc) is 3.12. The van der Waals surface area contributed by atoms with Gasteiger partial charge in [0.25, 0.3) is 10.0 Å². The maximum absolute atomic E-state index is 13.4. The quantitative estimate of drug-likeness (QED) is 0.521. The molecule has 0 spiro atoms. The van der Waals surface area contributed by atoms with Gasteiger partial charge in [0.2, 0.25) is 0 Å². The fourth-order valence-electron chi connectivity index (χ4n) is 3.46. The fraction of sp³-hybridized carbons (Fsp3) is 0.150. The minimum Gasteiger partial charge on any atom is -0.489 e. The van der Waals surface area contributed by atoms with E-state index >= 15 is 0 Å². The van der Waals surface area contributed by atoms with Crippen LogP contribution in [0.25, 0.3) is 22.2 Å². The van der Waals surface area contributed by atoms with E-state index in [1.54, 1.807) is 37.5 Å². The molecule has 0 amide bonds. The highest BCUT2D eigenvalue weighted by Gasteiger charge is 2.31. The number of H-pyrrole nitrogens is 2. The van der Waals surface area contributed by atoms with E-state index in [-0.39, 0.29) is 23.7 Å². The molecule has 0 aliphatic carbocycles. The Morgan fingerprint density at radius 2 is 1.77 bits per heavy atom. The molecule has 2 aromatic carbocycles. The number of sulfonamides is 1. The van der Waals surface area contributed by atoms with Crippen LogP contribution in [-0.2, 0) is 10.0 Å². The Morgan fingerprint density at radius 3 is 2.57 bits per heavy atom. The molecule has 30 heavy (non-hydrogen) atoms. The number of fused-ring (bicyclic) bond motifs is 2. The van der Waals surface area contributed by atoms with E-state index in [4.69, 9.17) is 4.74 Å². The lowest BCUT2D eigenvalue weighted by Crippen LogP contribution is -2.37. The molecule has 5 rings (SSSR count). The molecular weight excluding hydrogens is 406 g/mol. The maximum Gasteiger partial charge on any atom is 0.323 e. The first-order valence-electron chi connectivity index (χ1n) is 9.22. The van der Waals surface area contributed by atoms with Gasteiger partial charge >= 0.3 is 5.69 Å². The lowest BCUT2D eigenvalue weighted by molar-refractivity contribution is 0.316. The molecule has 4 aromatic rings. The number of benzene rings is 2. The van der Waals surface area contributed by atoms with Crippen LogP contribution in [0.4, 0.5) is 5.69 Å². The smallest absolute Gasteiger partial charge is 0.323 e. The average molecular weight is 423 g/mol. The summed E-state index contributed by atoms with van der Waals surface area (Å²) in [4.78, 5) is 25.2. The van der Waals surface area contributed by atoms with Crippen molar-refractivity contribution in [2.24, 2.45) is 0 Å². The third kappa shape index (κ3) is 3.01. The molecule has 10 heteroatoms. The molecule has 0 saturated heterocycles. The van der Waals surface area contributed by atoms with Gasteiger partial charge in [0.1, 0.15) is 18.2 Å². The first kappa shape index (κ1) is 18.4. The first-order chi connectivity index (χ1) is 14.4. The summed E-state index contributed by atoms with van der Waals surface area (Å²) in [5.74, 6) is 1.14. The van der Waals surface area contributed by atoms with Crippen molar-refractivity contribution >= 4 is 26.7 Å². The summed E-state index contributed by atoms with van der Waals surface area (Å²) in [5.41, 5.74) is 2.59. The van der Waals surface area contributed by atoms with Gasteiger partial charge in [-0.3, -0.25) is 4.31 Å². The van der Waals surface area contributed by atoms with Crippen molar-refractivity contribution in [3.8, 4) is 16.9 Å². The number of nitrogens with one attached hydrogen (secondary N) is 2. The number of anilines is 1. The second-order valence-electron chi connectivity index (χ2n) is 6.91. The Balaban J connectivity index is 1.60. The number of aromatic nitrogens is 4. The van der Waals surface area contributed by atoms with Gasteiger partial charge < -0.3 is 14.7 Å². The van der Waals surface area contributed by atoms with Gasteiger partial charge in [-0.25, -0.2) is 23.2 Å². The third-order valence-electron chi connectivity index (χ3n) is 4.97. The van der Waals surface area contributed by atoms with Gasteiger partial charge in [0, 0.05) is 18.0 Å². The van der Waals surface area contributed by atoms with Crippen LogP contribution in [0.3, 0.4) is 0 Å². The highest BCUT2D eigenvalue weighted by molar-refractivity contribution is 7.92. The molecule has 2 aromatic heterocycles. The van der Waals surface area contributed by atoms with E-state index in [1.807, 2.05) is 6.07 Å². The van der Waals surface area contributed by atoms with E-state index in [1.165, 1.54) is 16.4 Å². The molecule has 152 valence electrons. The Bertz CT molecular complexity index is 1420. The van der Waals surface area contributed by atoms with Crippen molar-refractivity contribution in [3.63, 3.8) is 0 Å². The molecule has 2 N–H and O–H groups in total. The lowest BCUT2D eigenvalue weighted by atomic mass is 10.1. The van der Waals surface area contributed by atoms with Gasteiger partial charge in [0.15, 0.2) is 0 Å². The van der Waals surface area contributed by atoms with Gasteiger partial charge in [-0.15, -0.1) is 0 Å². The van der Waals surface area contributed by atoms with Crippen LogP contribution in [0.15, 0.2) is 58.5 Å².